The molecule has 0 aromatic carbocycles. The van der Waals surface area contributed by atoms with E-state index >= 15 is 0 Å². The van der Waals surface area contributed by atoms with Crippen LogP contribution in [-0.2, 0) is 0 Å². The van der Waals surface area contributed by atoms with E-state index in [9.17, 15) is 0 Å². The summed E-state index contributed by atoms with van der Waals surface area (Å²) in [6.07, 6.45) is 4.57. The Morgan fingerprint density at radius 1 is 1.54 bits per heavy atom. The second-order valence-corrected chi connectivity index (χ2v) is 3.64. The normalized spacial score (nSPS) is 25.7. The third-order valence-corrected chi connectivity index (χ3v) is 2.84. The van der Waals surface area contributed by atoms with Gasteiger partial charge in [0, 0.05) is 12.3 Å². The average molecular weight is 177 g/mol. The van der Waals surface area contributed by atoms with Gasteiger partial charge in [-0.1, -0.05) is 19.4 Å². The van der Waals surface area contributed by atoms with E-state index in [-0.39, 0.29) is 0 Å². The van der Waals surface area contributed by atoms with E-state index in [0.29, 0.717) is 5.88 Å². The number of pyridine rings is 1. The number of rotatable bonds is 3. The van der Waals surface area contributed by atoms with E-state index in [4.69, 9.17) is 4.74 Å². The lowest BCUT2D eigenvalue weighted by Crippen LogP contribution is -1.89. The highest BCUT2D eigenvalue weighted by Gasteiger charge is 2.36. The molecule has 1 saturated carbocycles. The Balaban J connectivity index is 2.07. The lowest BCUT2D eigenvalue weighted by molar-refractivity contribution is 0.397. The Morgan fingerprint density at radius 3 is 2.85 bits per heavy atom. The average Bonchev–Trinajstić information content (AvgIpc) is 2.97. The molecule has 2 heteroatoms. The van der Waals surface area contributed by atoms with Gasteiger partial charge in [-0.05, 0) is 23.8 Å². The maximum absolute atomic E-state index is 5.01. The molecule has 0 saturated heterocycles. The van der Waals surface area contributed by atoms with E-state index in [1.807, 2.05) is 12.3 Å². The lowest BCUT2D eigenvalue weighted by Gasteiger charge is -2.00. The van der Waals surface area contributed by atoms with Crippen molar-refractivity contribution in [3.05, 3.63) is 23.9 Å². The topological polar surface area (TPSA) is 22.1 Å². The monoisotopic (exact) mass is 177 g/mol. The Bertz CT molecular complexity index is 281. The van der Waals surface area contributed by atoms with Crippen LogP contribution < -0.4 is 4.74 Å². The molecule has 0 N–H and O–H groups in total. The minimum atomic E-state index is 0.706. The van der Waals surface area contributed by atoms with Crippen molar-refractivity contribution in [2.45, 2.75) is 25.7 Å². The van der Waals surface area contributed by atoms with Gasteiger partial charge < -0.3 is 4.74 Å². The first-order valence-electron chi connectivity index (χ1n) is 4.85. The predicted molar refractivity (Wildman–Crippen MR) is 51.9 cm³/mol. The third kappa shape index (κ3) is 1.67. The van der Waals surface area contributed by atoms with Crippen molar-refractivity contribution >= 4 is 0 Å². The van der Waals surface area contributed by atoms with Gasteiger partial charge in [0.25, 0.3) is 0 Å². The summed E-state index contributed by atoms with van der Waals surface area (Å²) in [6, 6.07) is 4.08. The van der Waals surface area contributed by atoms with Crippen molar-refractivity contribution < 1.29 is 4.74 Å². The summed E-state index contributed by atoms with van der Waals surface area (Å²) in [5, 5.41) is 0. The molecular weight excluding hydrogens is 162 g/mol. The maximum Gasteiger partial charge on any atom is 0.212 e. The van der Waals surface area contributed by atoms with Crippen LogP contribution in [0.2, 0.25) is 0 Å². The molecule has 0 aliphatic heterocycles. The standard InChI is InChI=1S/C11H15NO/c1-3-8-6-10(8)9-4-5-11(13-2)12-7-9/h4-5,7-8,10H,3,6H2,1-2H3. The van der Waals surface area contributed by atoms with Crippen molar-refractivity contribution in [2.75, 3.05) is 7.11 Å². The first-order valence-corrected chi connectivity index (χ1v) is 4.85. The first-order chi connectivity index (χ1) is 6.35. The predicted octanol–water partition coefficient (Wildman–Crippen LogP) is 2.60. The molecule has 0 amide bonds. The first kappa shape index (κ1) is 8.54. The lowest BCUT2D eigenvalue weighted by atomic mass is 10.1. The Labute approximate surface area is 78.9 Å². The van der Waals surface area contributed by atoms with Gasteiger partial charge in [0.05, 0.1) is 7.11 Å². The van der Waals surface area contributed by atoms with Crippen molar-refractivity contribution in [3.63, 3.8) is 0 Å². The van der Waals surface area contributed by atoms with Gasteiger partial charge in [-0.2, -0.15) is 0 Å². The summed E-state index contributed by atoms with van der Waals surface area (Å²) >= 11 is 0. The highest BCUT2D eigenvalue weighted by molar-refractivity contribution is 5.26. The van der Waals surface area contributed by atoms with Crippen molar-refractivity contribution in [1.82, 2.24) is 4.98 Å². The van der Waals surface area contributed by atoms with Crippen molar-refractivity contribution in [2.24, 2.45) is 5.92 Å². The van der Waals surface area contributed by atoms with Crippen molar-refractivity contribution in [3.8, 4) is 5.88 Å². The minimum Gasteiger partial charge on any atom is -0.481 e. The van der Waals surface area contributed by atoms with Crippen LogP contribution in [0.4, 0.5) is 0 Å². The molecule has 2 nitrogen and oxygen atoms in total. The summed E-state index contributed by atoms with van der Waals surface area (Å²) in [6.45, 7) is 2.25. The molecule has 1 aromatic rings. The fraction of sp³-hybridized carbons (Fsp3) is 0.545. The highest BCUT2D eigenvalue weighted by Crippen LogP contribution is 2.49. The zero-order valence-corrected chi connectivity index (χ0v) is 8.16. The smallest absolute Gasteiger partial charge is 0.212 e. The molecule has 0 radical (unpaired) electrons. The second kappa shape index (κ2) is 3.36. The van der Waals surface area contributed by atoms with Crippen LogP contribution in [-0.4, -0.2) is 12.1 Å². The summed E-state index contributed by atoms with van der Waals surface area (Å²) < 4.78 is 5.01. The number of aromatic nitrogens is 1. The van der Waals surface area contributed by atoms with E-state index in [1.165, 1.54) is 18.4 Å². The minimum absolute atomic E-state index is 0.706. The summed E-state index contributed by atoms with van der Waals surface area (Å²) in [5.74, 6) is 2.37. The maximum atomic E-state index is 5.01. The van der Waals surface area contributed by atoms with Gasteiger partial charge in [-0.15, -0.1) is 0 Å². The summed E-state index contributed by atoms with van der Waals surface area (Å²) in [4.78, 5) is 4.20. The third-order valence-electron chi connectivity index (χ3n) is 2.84. The Morgan fingerprint density at radius 2 is 2.38 bits per heavy atom. The van der Waals surface area contributed by atoms with Gasteiger partial charge in [0.15, 0.2) is 0 Å². The SMILES string of the molecule is CCC1CC1c1ccc(OC)nc1. The van der Waals surface area contributed by atoms with Crippen LogP contribution >= 0.6 is 0 Å². The van der Waals surface area contributed by atoms with Crippen LogP contribution in [0.25, 0.3) is 0 Å². The van der Waals surface area contributed by atoms with Crippen LogP contribution in [0.1, 0.15) is 31.2 Å². The molecule has 1 aliphatic carbocycles. The van der Waals surface area contributed by atoms with E-state index in [2.05, 4.69) is 18.0 Å². The van der Waals surface area contributed by atoms with Crippen LogP contribution in [0.3, 0.4) is 0 Å². The largest absolute Gasteiger partial charge is 0.481 e. The second-order valence-electron chi connectivity index (χ2n) is 3.64. The van der Waals surface area contributed by atoms with E-state index in [1.54, 1.807) is 7.11 Å². The van der Waals surface area contributed by atoms with Crippen molar-refractivity contribution in [1.29, 1.82) is 0 Å². The zero-order valence-electron chi connectivity index (χ0n) is 8.16. The van der Waals surface area contributed by atoms with Crippen LogP contribution in [0.15, 0.2) is 18.3 Å². The molecule has 2 rings (SSSR count). The number of ether oxygens (including phenoxy) is 1. The molecule has 13 heavy (non-hydrogen) atoms. The van der Waals surface area contributed by atoms with Gasteiger partial charge >= 0.3 is 0 Å². The quantitative estimate of drug-likeness (QED) is 0.708. The van der Waals surface area contributed by atoms with Gasteiger partial charge in [-0.25, -0.2) is 4.98 Å². The van der Waals surface area contributed by atoms with E-state index in [0.717, 1.165) is 11.8 Å². The summed E-state index contributed by atoms with van der Waals surface area (Å²) in [7, 11) is 1.65. The van der Waals surface area contributed by atoms with Crippen LogP contribution in [0, 0.1) is 5.92 Å². The fourth-order valence-corrected chi connectivity index (χ4v) is 1.84. The molecule has 1 fully saturated rings. The zero-order chi connectivity index (χ0) is 9.26. The Kier molecular flexibility index (Phi) is 2.21. The molecule has 70 valence electrons. The summed E-state index contributed by atoms with van der Waals surface area (Å²) in [5.41, 5.74) is 1.37. The molecule has 1 aliphatic rings. The number of hydrogen-bond donors (Lipinski definition) is 0. The van der Waals surface area contributed by atoms with Gasteiger partial charge in [0.2, 0.25) is 5.88 Å². The molecular formula is C11H15NO. The molecule has 1 aromatic heterocycles. The highest BCUT2D eigenvalue weighted by atomic mass is 16.5. The molecule has 0 bridgehead atoms. The van der Waals surface area contributed by atoms with Crippen LogP contribution in [0.5, 0.6) is 5.88 Å². The number of methoxy groups -OCH3 is 1. The number of hydrogen-bond acceptors (Lipinski definition) is 2. The fourth-order valence-electron chi connectivity index (χ4n) is 1.84. The Hall–Kier alpha value is -1.05. The molecule has 1 heterocycles. The molecule has 0 spiro atoms. The number of nitrogens with zero attached hydrogens (tertiary/aromatic N) is 1. The van der Waals surface area contributed by atoms with E-state index < -0.39 is 0 Å². The molecule has 2 atom stereocenters. The molecule has 2 unspecified atom stereocenters. The van der Waals surface area contributed by atoms with Gasteiger partial charge in [0.1, 0.15) is 0 Å². The van der Waals surface area contributed by atoms with Gasteiger partial charge in [-0.3, -0.25) is 0 Å².